The molecule has 0 amide bonds. The molecular weight excluding hydrogens is 328 g/mol. The van der Waals surface area contributed by atoms with E-state index in [-0.39, 0.29) is 0 Å². The molecule has 1 fully saturated rings. The number of hydrogen-bond donors (Lipinski definition) is 0. The first kappa shape index (κ1) is 13.3. The summed E-state index contributed by atoms with van der Waals surface area (Å²) in [4.78, 5) is 0. The Kier molecular flexibility index (Phi) is 3.21. The zero-order chi connectivity index (χ0) is 14.3. The van der Waals surface area contributed by atoms with Gasteiger partial charge in [-0.1, -0.05) is 70.5 Å². The summed E-state index contributed by atoms with van der Waals surface area (Å²) >= 11 is 3.52. The molecule has 0 aromatic heterocycles. The normalized spacial score (nSPS) is 18.3. The van der Waals surface area contributed by atoms with Crippen molar-refractivity contribution in [2.75, 3.05) is 13.2 Å². The maximum atomic E-state index is 6.11. The van der Waals surface area contributed by atoms with Crippen LogP contribution in [0.25, 0.3) is 12.2 Å². The zero-order valence-corrected chi connectivity index (χ0v) is 13.1. The van der Waals surface area contributed by atoms with E-state index < -0.39 is 5.79 Å². The lowest BCUT2D eigenvalue weighted by molar-refractivity contribution is -0.130. The molecule has 106 valence electrons. The van der Waals surface area contributed by atoms with Gasteiger partial charge >= 0.3 is 0 Å². The van der Waals surface area contributed by atoms with E-state index in [4.69, 9.17) is 9.47 Å². The molecule has 0 N–H and O–H groups in total. The number of fused-ring (bicyclic) bond motifs is 4. The highest BCUT2D eigenvalue weighted by molar-refractivity contribution is 9.08. The van der Waals surface area contributed by atoms with E-state index in [0.29, 0.717) is 13.2 Å². The van der Waals surface area contributed by atoms with Crippen LogP contribution in [-0.2, 0) is 20.6 Å². The molecule has 2 aromatic carbocycles. The van der Waals surface area contributed by atoms with E-state index >= 15 is 0 Å². The van der Waals surface area contributed by atoms with Crippen molar-refractivity contribution in [1.82, 2.24) is 0 Å². The minimum Gasteiger partial charge on any atom is -0.340 e. The minimum absolute atomic E-state index is 0.619. The summed E-state index contributed by atoms with van der Waals surface area (Å²) in [6.07, 6.45) is 4.30. The highest BCUT2D eigenvalue weighted by Gasteiger charge is 2.43. The van der Waals surface area contributed by atoms with Crippen LogP contribution in [0.5, 0.6) is 0 Å². The van der Waals surface area contributed by atoms with Crippen molar-refractivity contribution in [3.63, 3.8) is 0 Å². The summed E-state index contributed by atoms with van der Waals surface area (Å²) in [7, 11) is 0. The van der Waals surface area contributed by atoms with Crippen LogP contribution in [0.15, 0.2) is 42.5 Å². The van der Waals surface area contributed by atoms with Crippen molar-refractivity contribution in [1.29, 1.82) is 0 Å². The van der Waals surface area contributed by atoms with Crippen LogP contribution < -0.4 is 0 Å². The Bertz CT molecular complexity index is 715. The van der Waals surface area contributed by atoms with E-state index in [1.54, 1.807) is 0 Å². The van der Waals surface area contributed by atoms with Gasteiger partial charge in [0.15, 0.2) is 0 Å². The molecule has 3 heteroatoms. The Morgan fingerprint density at radius 2 is 1.62 bits per heavy atom. The molecule has 0 unspecified atom stereocenters. The molecule has 1 aliphatic carbocycles. The maximum absolute atomic E-state index is 6.11. The van der Waals surface area contributed by atoms with E-state index in [9.17, 15) is 0 Å². The molecular formula is C18H15BrO2. The fourth-order valence-electron chi connectivity index (χ4n) is 3.12. The van der Waals surface area contributed by atoms with Crippen LogP contribution in [0.4, 0.5) is 0 Å². The molecule has 0 bridgehead atoms. The minimum atomic E-state index is -0.764. The van der Waals surface area contributed by atoms with E-state index in [1.807, 2.05) is 12.1 Å². The summed E-state index contributed by atoms with van der Waals surface area (Å²) in [5.74, 6) is -0.764. The quantitative estimate of drug-likeness (QED) is 0.719. The van der Waals surface area contributed by atoms with Gasteiger partial charge in [0.1, 0.15) is 0 Å². The molecule has 1 saturated heterocycles. The number of halogens is 1. The highest BCUT2D eigenvalue weighted by Crippen LogP contribution is 2.44. The first-order valence-electron chi connectivity index (χ1n) is 7.08. The smallest absolute Gasteiger partial charge is 0.223 e. The molecule has 2 nitrogen and oxygen atoms in total. The predicted octanol–water partition coefficient (Wildman–Crippen LogP) is 4.31. The maximum Gasteiger partial charge on any atom is 0.223 e. The first-order valence-corrected chi connectivity index (χ1v) is 8.20. The summed E-state index contributed by atoms with van der Waals surface area (Å²) in [6, 6.07) is 14.7. The molecule has 2 aromatic rings. The van der Waals surface area contributed by atoms with E-state index in [0.717, 1.165) is 27.6 Å². The third-order valence-electron chi connectivity index (χ3n) is 4.08. The van der Waals surface area contributed by atoms with Gasteiger partial charge in [0.2, 0.25) is 5.79 Å². The second kappa shape index (κ2) is 5.09. The van der Waals surface area contributed by atoms with Gasteiger partial charge in [0, 0.05) is 16.5 Å². The SMILES string of the molecule is BrCc1ccc2c(c1)C=Cc1ccccc1C21OCCO1. The van der Waals surface area contributed by atoms with Crippen LogP contribution in [0.2, 0.25) is 0 Å². The van der Waals surface area contributed by atoms with Gasteiger partial charge in [-0.05, 0) is 16.7 Å². The van der Waals surface area contributed by atoms with Crippen molar-refractivity contribution in [2.24, 2.45) is 0 Å². The van der Waals surface area contributed by atoms with Gasteiger partial charge in [0.25, 0.3) is 0 Å². The lowest BCUT2D eigenvalue weighted by Gasteiger charge is -2.30. The summed E-state index contributed by atoms with van der Waals surface area (Å²) in [5.41, 5.74) is 5.73. The molecule has 21 heavy (non-hydrogen) atoms. The van der Waals surface area contributed by atoms with Gasteiger partial charge in [0.05, 0.1) is 13.2 Å². The second-order valence-corrected chi connectivity index (χ2v) is 5.85. The monoisotopic (exact) mass is 342 g/mol. The Morgan fingerprint density at radius 1 is 0.905 bits per heavy atom. The van der Waals surface area contributed by atoms with Crippen LogP contribution >= 0.6 is 15.9 Å². The molecule has 4 rings (SSSR count). The lowest BCUT2D eigenvalue weighted by atomic mass is 9.92. The molecule has 1 spiro atoms. The summed E-state index contributed by atoms with van der Waals surface area (Å²) in [6.45, 7) is 1.24. The van der Waals surface area contributed by atoms with Gasteiger partial charge in [-0.2, -0.15) is 0 Å². The predicted molar refractivity (Wildman–Crippen MR) is 87.1 cm³/mol. The number of hydrogen-bond acceptors (Lipinski definition) is 2. The Balaban J connectivity index is 2.00. The Morgan fingerprint density at radius 3 is 2.43 bits per heavy atom. The lowest BCUT2D eigenvalue weighted by Crippen LogP contribution is -2.30. The van der Waals surface area contributed by atoms with Crippen LogP contribution in [0.3, 0.4) is 0 Å². The highest BCUT2D eigenvalue weighted by atomic mass is 79.9. The average molecular weight is 343 g/mol. The molecule has 0 radical (unpaired) electrons. The van der Waals surface area contributed by atoms with Crippen LogP contribution in [-0.4, -0.2) is 13.2 Å². The third-order valence-corrected chi connectivity index (χ3v) is 4.72. The number of rotatable bonds is 1. The van der Waals surface area contributed by atoms with Gasteiger partial charge < -0.3 is 9.47 Å². The van der Waals surface area contributed by atoms with Crippen LogP contribution in [0.1, 0.15) is 27.8 Å². The van der Waals surface area contributed by atoms with Crippen molar-refractivity contribution in [3.8, 4) is 0 Å². The van der Waals surface area contributed by atoms with Crippen molar-refractivity contribution < 1.29 is 9.47 Å². The zero-order valence-electron chi connectivity index (χ0n) is 11.5. The van der Waals surface area contributed by atoms with Gasteiger partial charge in [-0.25, -0.2) is 0 Å². The van der Waals surface area contributed by atoms with E-state index in [1.165, 1.54) is 5.56 Å². The molecule has 0 atom stereocenters. The van der Waals surface area contributed by atoms with Gasteiger partial charge in [-0.15, -0.1) is 0 Å². The van der Waals surface area contributed by atoms with Crippen molar-refractivity contribution in [3.05, 3.63) is 70.3 Å². The molecule has 2 aliphatic rings. The molecule has 0 saturated carbocycles. The van der Waals surface area contributed by atoms with Gasteiger partial charge in [-0.3, -0.25) is 0 Å². The topological polar surface area (TPSA) is 18.5 Å². The fraction of sp³-hybridized carbons (Fsp3) is 0.222. The largest absolute Gasteiger partial charge is 0.340 e. The average Bonchev–Trinajstić information content (AvgIpc) is 2.98. The third kappa shape index (κ3) is 2.00. The van der Waals surface area contributed by atoms with Crippen molar-refractivity contribution >= 4 is 28.1 Å². The number of ether oxygens (including phenoxy) is 2. The van der Waals surface area contributed by atoms with Crippen LogP contribution in [0, 0.1) is 0 Å². The standard InChI is InChI=1S/C18H15BrO2/c19-12-13-5-8-17-15(11-13)7-6-14-3-1-2-4-16(14)18(17)20-9-10-21-18/h1-8,11H,9-10,12H2. The Labute approximate surface area is 132 Å². The first-order chi connectivity index (χ1) is 10.3. The summed E-state index contributed by atoms with van der Waals surface area (Å²) < 4.78 is 12.2. The Hall–Kier alpha value is -1.42. The summed E-state index contributed by atoms with van der Waals surface area (Å²) in [5, 5.41) is 0.843. The number of alkyl halides is 1. The second-order valence-electron chi connectivity index (χ2n) is 5.29. The molecule has 1 aliphatic heterocycles. The number of benzene rings is 2. The van der Waals surface area contributed by atoms with Crippen molar-refractivity contribution in [2.45, 2.75) is 11.1 Å². The van der Waals surface area contributed by atoms with E-state index in [2.05, 4.69) is 58.4 Å². The molecule has 1 heterocycles. The fourth-order valence-corrected chi connectivity index (χ4v) is 3.47.